The van der Waals surface area contributed by atoms with E-state index in [1.807, 2.05) is 23.9 Å². The van der Waals surface area contributed by atoms with Gasteiger partial charge in [0.15, 0.2) is 5.13 Å². The second-order valence-corrected chi connectivity index (χ2v) is 6.61. The molecule has 1 fully saturated rings. The Kier molecular flexibility index (Phi) is 5.41. The van der Waals surface area contributed by atoms with Crippen molar-refractivity contribution >= 4 is 22.4 Å². The molecule has 1 aliphatic heterocycles. The number of ether oxygens (including phenoxy) is 1. The zero-order valence-electron chi connectivity index (χ0n) is 13.2. The molecule has 6 nitrogen and oxygen atoms in total. The Morgan fingerprint density at radius 1 is 1.52 bits per heavy atom. The summed E-state index contributed by atoms with van der Waals surface area (Å²) in [6.45, 7) is 4.46. The number of anilines is 1. The highest BCUT2D eigenvalue weighted by Gasteiger charge is 2.22. The van der Waals surface area contributed by atoms with Crippen LogP contribution in [0.5, 0.6) is 5.88 Å². The Bertz CT molecular complexity index is 489. The summed E-state index contributed by atoms with van der Waals surface area (Å²) in [5, 5.41) is 4.39. The topological polar surface area (TPSA) is 57.7 Å². The van der Waals surface area contributed by atoms with Gasteiger partial charge in [-0.15, -0.1) is 0 Å². The maximum Gasteiger partial charge on any atom is 0.230 e. The van der Waals surface area contributed by atoms with E-state index in [2.05, 4.69) is 17.2 Å². The van der Waals surface area contributed by atoms with Gasteiger partial charge in [-0.1, -0.05) is 11.3 Å². The number of nitrogens with one attached hydrogen (secondary N) is 1. The summed E-state index contributed by atoms with van der Waals surface area (Å²) >= 11 is 1.62. The third-order valence-electron chi connectivity index (χ3n) is 3.50. The number of carbonyl (C=O) groups is 1. The van der Waals surface area contributed by atoms with Crippen LogP contribution < -0.4 is 15.0 Å². The van der Waals surface area contributed by atoms with Crippen molar-refractivity contribution in [2.45, 2.75) is 32.4 Å². The highest BCUT2D eigenvalue weighted by Crippen LogP contribution is 2.30. The lowest BCUT2D eigenvalue weighted by Gasteiger charge is -2.21. The summed E-state index contributed by atoms with van der Waals surface area (Å²) in [4.78, 5) is 21.1. The highest BCUT2D eigenvalue weighted by molar-refractivity contribution is 7.15. The van der Waals surface area contributed by atoms with Gasteiger partial charge in [-0.05, 0) is 13.3 Å². The van der Waals surface area contributed by atoms with Gasteiger partial charge in [-0.2, -0.15) is 4.98 Å². The number of likely N-dealkylation sites (tertiary alicyclic amines) is 1. The second kappa shape index (κ2) is 7.09. The molecule has 1 aliphatic rings. The minimum atomic E-state index is 0.252. The molecule has 1 atom stereocenters. The van der Waals surface area contributed by atoms with Crippen molar-refractivity contribution in [3.63, 3.8) is 0 Å². The molecule has 0 aliphatic carbocycles. The van der Waals surface area contributed by atoms with Crippen LogP contribution in [-0.4, -0.2) is 56.1 Å². The summed E-state index contributed by atoms with van der Waals surface area (Å²) in [6, 6.07) is 0.252. The minimum absolute atomic E-state index is 0.252. The fraction of sp³-hybridized carbons (Fsp3) is 0.714. The number of thiazole rings is 1. The van der Waals surface area contributed by atoms with Gasteiger partial charge in [0.05, 0.1) is 12.0 Å². The molecule has 2 heterocycles. The molecule has 0 radical (unpaired) electrons. The van der Waals surface area contributed by atoms with E-state index in [1.54, 1.807) is 18.4 Å². The molecular formula is C14H24N4O2S. The van der Waals surface area contributed by atoms with Crippen LogP contribution >= 0.6 is 11.3 Å². The average Bonchev–Trinajstić information content (AvgIpc) is 3.03. The maximum absolute atomic E-state index is 11.6. The van der Waals surface area contributed by atoms with E-state index in [-0.39, 0.29) is 11.9 Å². The standard InChI is InChI=1S/C14H24N4O2S/c1-10(9-18-7-5-6-12(18)19)15-8-11-13(20-4)16-14(21-11)17(2)3/h10,15H,5-9H2,1-4H3. The molecule has 1 aromatic rings. The molecule has 0 aromatic carbocycles. The fourth-order valence-corrected chi connectivity index (χ4v) is 3.25. The molecule has 118 valence electrons. The molecule has 1 N–H and O–H groups in total. The van der Waals surface area contributed by atoms with E-state index in [4.69, 9.17) is 4.74 Å². The molecule has 2 rings (SSSR count). The Labute approximate surface area is 130 Å². The van der Waals surface area contributed by atoms with E-state index in [0.29, 0.717) is 18.8 Å². The van der Waals surface area contributed by atoms with Crippen molar-refractivity contribution in [3.8, 4) is 5.88 Å². The number of amides is 1. The molecule has 0 saturated carbocycles. The van der Waals surface area contributed by atoms with Gasteiger partial charge >= 0.3 is 0 Å². The number of aromatic nitrogens is 1. The van der Waals surface area contributed by atoms with E-state index in [1.165, 1.54) is 0 Å². The van der Waals surface area contributed by atoms with Crippen LogP contribution in [0.25, 0.3) is 0 Å². The first-order valence-electron chi connectivity index (χ1n) is 7.23. The van der Waals surface area contributed by atoms with Gasteiger partial charge in [0.2, 0.25) is 11.8 Å². The second-order valence-electron chi connectivity index (χ2n) is 5.55. The summed E-state index contributed by atoms with van der Waals surface area (Å²) in [7, 11) is 5.58. The predicted octanol–water partition coefficient (Wildman–Crippen LogP) is 1.32. The first-order valence-corrected chi connectivity index (χ1v) is 8.05. The van der Waals surface area contributed by atoms with E-state index >= 15 is 0 Å². The molecular weight excluding hydrogens is 288 g/mol. The van der Waals surface area contributed by atoms with Crippen molar-refractivity contribution in [2.75, 3.05) is 39.2 Å². The summed E-state index contributed by atoms with van der Waals surface area (Å²) in [6.07, 6.45) is 1.68. The zero-order chi connectivity index (χ0) is 15.4. The van der Waals surface area contributed by atoms with Crippen molar-refractivity contribution in [1.29, 1.82) is 0 Å². The Morgan fingerprint density at radius 3 is 2.86 bits per heavy atom. The van der Waals surface area contributed by atoms with Gasteiger partial charge in [-0.25, -0.2) is 0 Å². The number of hydrogen-bond donors (Lipinski definition) is 1. The summed E-state index contributed by atoms with van der Waals surface area (Å²) in [5.74, 6) is 0.953. The highest BCUT2D eigenvalue weighted by atomic mass is 32.1. The third kappa shape index (κ3) is 4.07. The van der Waals surface area contributed by atoms with E-state index in [9.17, 15) is 4.79 Å². The fourth-order valence-electron chi connectivity index (χ4n) is 2.35. The van der Waals surface area contributed by atoms with E-state index in [0.717, 1.165) is 29.5 Å². The largest absolute Gasteiger partial charge is 0.480 e. The molecule has 1 aromatic heterocycles. The van der Waals surface area contributed by atoms with Crippen LogP contribution in [-0.2, 0) is 11.3 Å². The lowest BCUT2D eigenvalue weighted by molar-refractivity contribution is -0.127. The molecule has 1 saturated heterocycles. The monoisotopic (exact) mass is 312 g/mol. The molecule has 7 heteroatoms. The number of rotatable bonds is 7. The van der Waals surface area contributed by atoms with E-state index < -0.39 is 0 Å². The summed E-state index contributed by atoms with van der Waals surface area (Å²) in [5.41, 5.74) is 0. The molecule has 1 amide bonds. The molecule has 1 unspecified atom stereocenters. The van der Waals surface area contributed by atoms with Gasteiger partial charge in [0, 0.05) is 46.2 Å². The van der Waals surface area contributed by atoms with Crippen LogP contribution in [0.3, 0.4) is 0 Å². The van der Waals surface area contributed by atoms with Crippen LogP contribution in [0, 0.1) is 0 Å². The van der Waals surface area contributed by atoms with Gasteiger partial charge in [0.25, 0.3) is 0 Å². The number of hydrogen-bond acceptors (Lipinski definition) is 6. The number of carbonyl (C=O) groups excluding carboxylic acids is 1. The van der Waals surface area contributed by atoms with Crippen molar-refractivity contribution in [3.05, 3.63) is 4.88 Å². The number of methoxy groups -OCH3 is 1. The average molecular weight is 312 g/mol. The first kappa shape index (κ1) is 16.0. The van der Waals surface area contributed by atoms with Crippen molar-refractivity contribution in [1.82, 2.24) is 15.2 Å². The molecule has 0 spiro atoms. The van der Waals surface area contributed by atoms with Gasteiger partial charge < -0.3 is 19.9 Å². The van der Waals surface area contributed by atoms with Crippen molar-refractivity contribution < 1.29 is 9.53 Å². The maximum atomic E-state index is 11.6. The van der Waals surface area contributed by atoms with Crippen LogP contribution in [0.2, 0.25) is 0 Å². The first-order chi connectivity index (χ1) is 10.0. The number of nitrogens with zero attached hydrogens (tertiary/aromatic N) is 3. The van der Waals surface area contributed by atoms with Crippen molar-refractivity contribution in [2.24, 2.45) is 0 Å². The van der Waals surface area contributed by atoms with Crippen LogP contribution in [0.4, 0.5) is 5.13 Å². The Morgan fingerprint density at radius 2 is 2.29 bits per heavy atom. The normalized spacial score (nSPS) is 16.4. The lowest BCUT2D eigenvalue weighted by Crippen LogP contribution is -2.39. The third-order valence-corrected chi connectivity index (χ3v) is 4.71. The zero-order valence-corrected chi connectivity index (χ0v) is 14.0. The molecule has 21 heavy (non-hydrogen) atoms. The summed E-state index contributed by atoms with van der Waals surface area (Å²) < 4.78 is 5.33. The van der Waals surface area contributed by atoms with Gasteiger partial charge in [-0.3, -0.25) is 4.79 Å². The lowest BCUT2D eigenvalue weighted by atomic mass is 10.3. The Balaban J connectivity index is 1.88. The minimum Gasteiger partial charge on any atom is -0.480 e. The predicted molar refractivity (Wildman–Crippen MR) is 85.1 cm³/mol. The van der Waals surface area contributed by atoms with Crippen LogP contribution in [0.1, 0.15) is 24.6 Å². The molecule has 0 bridgehead atoms. The van der Waals surface area contributed by atoms with Crippen LogP contribution in [0.15, 0.2) is 0 Å². The smallest absolute Gasteiger partial charge is 0.230 e. The van der Waals surface area contributed by atoms with Gasteiger partial charge in [0.1, 0.15) is 0 Å². The quantitative estimate of drug-likeness (QED) is 0.823. The SMILES string of the molecule is COc1nc(N(C)C)sc1CNC(C)CN1CCCC1=O. The Hall–Kier alpha value is -1.34.